The van der Waals surface area contributed by atoms with Crippen LogP contribution in [0.1, 0.15) is 96.8 Å². The van der Waals surface area contributed by atoms with Crippen molar-refractivity contribution >= 4 is 43.3 Å². The molecule has 0 saturated heterocycles. The first-order chi connectivity index (χ1) is 10.5. The Kier molecular flexibility index (Phi) is 19.6. The molecule has 0 unspecified atom stereocenters. The summed E-state index contributed by atoms with van der Waals surface area (Å²) in [6.07, 6.45) is 15.8. The molecule has 0 saturated carbocycles. The van der Waals surface area contributed by atoms with Crippen LogP contribution in [0, 0.1) is 0 Å². The first-order valence-corrected chi connectivity index (χ1v) is 10.3. The zero-order valence-corrected chi connectivity index (χ0v) is 14.9. The van der Waals surface area contributed by atoms with Gasteiger partial charge in [0.25, 0.3) is 0 Å². The van der Waals surface area contributed by atoms with Gasteiger partial charge in [0.1, 0.15) is 0 Å². The summed E-state index contributed by atoms with van der Waals surface area (Å²) in [5.41, 5.74) is 0. The molecule has 0 bridgehead atoms. The molecule has 0 atom stereocenters. The van der Waals surface area contributed by atoms with Crippen molar-refractivity contribution in [3.8, 4) is 0 Å². The standard InChI is InChI=1S/C16H33O5P.Na.H/c1-2-3-4-5-6-7-8-9-10-11-12-13-14-15-16(17)21-22(18,19)20;;/h2-15H2,1H3,(H2,18,19,20);;. The predicted molar refractivity (Wildman–Crippen MR) is 95.6 cm³/mol. The summed E-state index contributed by atoms with van der Waals surface area (Å²) in [5.74, 6) is -0.809. The summed E-state index contributed by atoms with van der Waals surface area (Å²) in [6, 6.07) is 0. The normalized spacial score (nSPS) is 11.1. The van der Waals surface area contributed by atoms with Crippen molar-refractivity contribution < 1.29 is 23.7 Å². The Morgan fingerprint density at radius 1 is 0.783 bits per heavy atom. The molecule has 0 rings (SSSR count). The summed E-state index contributed by atoms with van der Waals surface area (Å²) in [6.45, 7) is 2.24. The Labute approximate surface area is 163 Å². The summed E-state index contributed by atoms with van der Waals surface area (Å²) < 4.78 is 14.4. The maximum absolute atomic E-state index is 11.0. The van der Waals surface area contributed by atoms with Crippen LogP contribution in [0.25, 0.3) is 0 Å². The third-order valence-electron chi connectivity index (χ3n) is 3.71. The number of rotatable bonds is 15. The molecule has 2 N–H and O–H groups in total. The van der Waals surface area contributed by atoms with Gasteiger partial charge in [-0.1, -0.05) is 84.0 Å². The molecule has 7 heteroatoms. The fourth-order valence-electron chi connectivity index (χ4n) is 2.47. The van der Waals surface area contributed by atoms with Crippen LogP contribution >= 0.6 is 7.82 Å². The first-order valence-electron chi connectivity index (χ1n) is 8.73. The number of phosphoric acid groups is 1. The van der Waals surface area contributed by atoms with Crippen LogP contribution in [-0.4, -0.2) is 45.3 Å². The topological polar surface area (TPSA) is 83.8 Å². The Balaban J connectivity index is 0. The molecular weight excluding hydrogens is 326 g/mol. The summed E-state index contributed by atoms with van der Waals surface area (Å²) >= 11 is 0. The van der Waals surface area contributed by atoms with Gasteiger partial charge in [-0.15, -0.1) is 0 Å². The zero-order chi connectivity index (χ0) is 16.7. The van der Waals surface area contributed by atoms with Gasteiger partial charge in [0.15, 0.2) is 0 Å². The number of phosphoric ester groups is 1. The van der Waals surface area contributed by atoms with Crippen molar-refractivity contribution in [3.63, 3.8) is 0 Å². The van der Waals surface area contributed by atoms with Crippen molar-refractivity contribution in [2.45, 2.75) is 96.8 Å². The molecule has 0 amide bonds. The molecule has 0 heterocycles. The van der Waals surface area contributed by atoms with E-state index in [0.717, 1.165) is 12.8 Å². The molecule has 0 aliphatic carbocycles. The molecule has 0 aliphatic rings. The van der Waals surface area contributed by atoms with Gasteiger partial charge in [-0.05, 0) is 6.42 Å². The van der Waals surface area contributed by atoms with Crippen molar-refractivity contribution in [2.75, 3.05) is 0 Å². The molecule has 0 aromatic rings. The Morgan fingerprint density at radius 3 is 1.48 bits per heavy atom. The molecule has 0 fully saturated rings. The van der Waals surface area contributed by atoms with Crippen LogP contribution in [0.3, 0.4) is 0 Å². The van der Waals surface area contributed by atoms with Gasteiger partial charge in [-0.3, -0.25) is 14.6 Å². The van der Waals surface area contributed by atoms with Gasteiger partial charge < -0.3 is 4.52 Å². The van der Waals surface area contributed by atoms with E-state index in [9.17, 15) is 9.36 Å². The van der Waals surface area contributed by atoms with E-state index >= 15 is 0 Å². The maximum atomic E-state index is 11.0. The third-order valence-corrected chi connectivity index (χ3v) is 4.15. The minimum atomic E-state index is -4.66. The van der Waals surface area contributed by atoms with Gasteiger partial charge in [-0.25, -0.2) is 4.57 Å². The van der Waals surface area contributed by atoms with Gasteiger partial charge in [0.05, 0.1) is 0 Å². The Morgan fingerprint density at radius 2 is 1.13 bits per heavy atom. The molecule has 134 valence electrons. The molecule has 0 aromatic heterocycles. The van der Waals surface area contributed by atoms with E-state index in [4.69, 9.17) is 9.79 Å². The summed E-state index contributed by atoms with van der Waals surface area (Å²) in [5, 5.41) is 0. The number of unbranched alkanes of at least 4 members (excludes halogenated alkanes) is 12. The third kappa shape index (κ3) is 22.6. The molecule has 0 radical (unpaired) electrons. The fraction of sp³-hybridized carbons (Fsp3) is 0.938. The quantitative estimate of drug-likeness (QED) is 0.256. The van der Waals surface area contributed by atoms with Gasteiger partial charge in [-0.2, -0.15) is 0 Å². The summed E-state index contributed by atoms with van der Waals surface area (Å²) in [7, 11) is -4.66. The van der Waals surface area contributed by atoms with Gasteiger partial charge >= 0.3 is 43.3 Å². The number of carbonyl (C=O) groups is 1. The van der Waals surface area contributed by atoms with E-state index in [1.165, 1.54) is 64.2 Å². The van der Waals surface area contributed by atoms with Crippen LogP contribution in [0.2, 0.25) is 0 Å². The average Bonchev–Trinajstić information content (AvgIpc) is 2.42. The fourth-order valence-corrected chi connectivity index (χ4v) is 2.82. The van der Waals surface area contributed by atoms with E-state index in [1.54, 1.807) is 0 Å². The number of carbonyl (C=O) groups excluding carboxylic acids is 1. The van der Waals surface area contributed by atoms with Crippen molar-refractivity contribution in [3.05, 3.63) is 0 Å². The number of hydrogen-bond acceptors (Lipinski definition) is 3. The number of hydrogen-bond donors (Lipinski definition) is 2. The van der Waals surface area contributed by atoms with E-state index in [-0.39, 0.29) is 36.0 Å². The predicted octanol–water partition coefficient (Wildman–Crippen LogP) is 4.46. The van der Waals surface area contributed by atoms with Gasteiger partial charge in [0.2, 0.25) is 0 Å². The average molecular weight is 360 g/mol. The zero-order valence-electron chi connectivity index (χ0n) is 14.0. The van der Waals surface area contributed by atoms with E-state index in [0.29, 0.717) is 6.42 Å². The van der Waals surface area contributed by atoms with Gasteiger partial charge in [0, 0.05) is 6.42 Å². The van der Waals surface area contributed by atoms with E-state index in [2.05, 4.69) is 11.4 Å². The summed E-state index contributed by atoms with van der Waals surface area (Å²) in [4.78, 5) is 28.0. The SMILES string of the molecule is CCCCCCCCCCCCCCCC(=O)OP(=O)(O)O.[NaH]. The van der Waals surface area contributed by atoms with Crippen LogP contribution in [0.15, 0.2) is 0 Å². The Hall–Kier alpha value is 0.620. The molecule has 5 nitrogen and oxygen atoms in total. The second-order valence-corrected chi connectivity index (χ2v) is 7.11. The van der Waals surface area contributed by atoms with Crippen LogP contribution in [0.4, 0.5) is 0 Å². The van der Waals surface area contributed by atoms with E-state index in [1.807, 2.05) is 0 Å². The van der Waals surface area contributed by atoms with Crippen LogP contribution < -0.4 is 0 Å². The van der Waals surface area contributed by atoms with Crippen LogP contribution in [-0.2, 0) is 13.9 Å². The first kappa shape index (κ1) is 25.9. The van der Waals surface area contributed by atoms with Crippen molar-refractivity contribution in [1.82, 2.24) is 0 Å². The monoisotopic (exact) mass is 360 g/mol. The second-order valence-electron chi connectivity index (χ2n) is 5.95. The Bertz CT molecular complexity index is 320. The molecular formula is C16H34NaO5P. The molecule has 0 aromatic carbocycles. The van der Waals surface area contributed by atoms with Crippen molar-refractivity contribution in [2.24, 2.45) is 0 Å². The molecule has 0 spiro atoms. The minimum absolute atomic E-state index is 0. The van der Waals surface area contributed by atoms with E-state index < -0.39 is 13.8 Å². The van der Waals surface area contributed by atoms with Crippen molar-refractivity contribution in [1.29, 1.82) is 0 Å². The molecule has 23 heavy (non-hydrogen) atoms. The molecule has 0 aliphatic heterocycles. The van der Waals surface area contributed by atoms with Crippen LogP contribution in [0.5, 0.6) is 0 Å². The second kappa shape index (κ2) is 17.4.